The van der Waals surface area contributed by atoms with Gasteiger partial charge in [-0.2, -0.15) is 0 Å². The van der Waals surface area contributed by atoms with E-state index >= 15 is 0 Å². The van der Waals surface area contributed by atoms with Gasteiger partial charge in [0, 0.05) is 32.6 Å². The fourth-order valence-electron chi connectivity index (χ4n) is 3.75. The minimum absolute atomic E-state index is 0.0221. The molecule has 0 saturated carbocycles. The molecule has 0 amide bonds. The van der Waals surface area contributed by atoms with Crippen molar-refractivity contribution in [3.8, 4) is 5.75 Å². The lowest BCUT2D eigenvalue weighted by molar-refractivity contribution is 0.241. The second-order valence-electron chi connectivity index (χ2n) is 7.33. The Morgan fingerprint density at radius 1 is 1.21 bits per heavy atom. The maximum Gasteiger partial charge on any atom is 0.255 e. The molecule has 4 rings (SSSR count). The fourth-order valence-corrected chi connectivity index (χ4v) is 3.75. The monoisotopic (exact) mass is 378 g/mol. The molecule has 0 unspecified atom stereocenters. The molecule has 0 bridgehead atoms. The van der Waals surface area contributed by atoms with E-state index in [0.29, 0.717) is 19.0 Å². The standard InChI is InChI=1S/C22H26N4O2/c1-2-13-28-17-8-6-16(7-9-17)14-26-12-10-19-18(15-26)22(27)25-21(24-19)20-5-3-4-11-23-20/h2,6-9H,1,3-5,10-15H2,(H,24,25,27). The fraction of sp³-hybridized carbons (Fsp3) is 0.409. The molecule has 28 heavy (non-hydrogen) atoms. The molecule has 0 radical (unpaired) electrons. The molecule has 1 aromatic heterocycles. The summed E-state index contributed by atoms with van der Waals surface area (Å²) in [4.78, 5) is 27.2. The van der Waals surface area contributed by atoms with Crippen LogP contribution in [0.2, 0.25) is 0 Å². The summed E-state index contributed by atoms with van der Waals surface area (Å²) in [7, 11) is 0. The van der Waals surface area contributed by atoms with E-state index in [1.165, 1.54) is 5.56 Å². The van der Waals surface area contributed by atoms with Crippen LogP contribution in [0.5, 0.6) is 5.75 Å². The third-order valence-electron chi connectivity index (χ3n) is 5.24. The van der Waals surface area contributed by atoms with Gasteiger partial charge in [-0.3, -0.25) is 14.7 Å². The van der Waals surface area contributed by atoms with Crippen LogP contribution < -0.4 is 10.3 Å². The van der Waals surface area contributed by atoms with Crippen LogP contribution >= 0.6 is 0 Å². The molecule has 0 fully saturated rings. The quantitative estimate of drug-likeness (QED) is 0.785. The number of aromatic nitrogens is 2. The van der Waals surface area contributed by atoms with Gasteiger partial charge < -0.3 is 9.72 Å². The lowest BCUT2D eigenvalue weighted by Crippen LogP contribution is -2.36. The summed E-state index contributed by atoms with van der Waals surface area (Å²) in [6, 6.07) is 8.09. The molecule has 6 nitrogen and oxygen atoms in total. The van der Waals surface area contributed by atoms with Crippen molar-refractivity contribution in [1.82, 2.24) is 14.9 Å². The summed E-state index contributed by atoms with van der Waals surface area (Å²) in [5, 5.41) is 0. The van der Waals surface area contributed by atoms with Gasteiger partial charge in [0.1, 0.15) is 12.4 Å². The van der Waals surface area contributed by atoms with E-state index in [1.54, 1.807) is 6.08 Å². The molecule has 0 spiro atoms. The van der Waals surface area contributed by atoms with Gasteiger partial charge in [-0.05, 0) is 37.0 Å². The van der Waals surface area contributed by atoms with Crippen LogP contribution in [0.1, 0.15) is 41.9 Å². The Morgan fingerprint density at radius 3 is 2.82 bits per heavy atom. The maximum atomic E-state index is 12.7. The normalized spacial score (nSPS) is 16.9. The van der Waals surface area contributed by atoms with Crippen molar-refractivity contribution in [2.75, 3.05) is 19.7 Å². The highest BCUT2D eigenvalue weighted by Gasteiger charge is 2.22. The Morgan fingerprint density at radius 2 is 2.07 bits per heavy atom. The van der Waals surface area contributed by atoms with E-state index in [9.17, 15) is 4.79 Å². The second kappa shape index (κ2) is 8.52. The number of H-pyrrole nitrogens is 1. The molecule has 6 heteroatoms. The summed E-state index contributed by atoms with van der Waals surface area (Å²) in [5.74, 6) is 1.51. The van der Waals surface area contributed by atoms with Crippen molar-refractivity contribution in [3.63, 3.8) is 0 Å². The zero-order valence-corrected chi connectivity index (χ0v) is 16.1. The van der Waals surface area contributed by atoms with Crippen LogP contribution in [-0.4, -0.2) is 40.3 Å². The first-order valence-corrected chi connectivity index (χ1v) is 9.93. The van der Waals surface area contributed by atoms with Crippen molar-refractivity contribution >= 4 is 5.71 Å². The minimum Gasteiger partial charge on any atom is -0.490 e. The van der Waals surface area contributed by atoms with Gasteiger partial charge in [0.25, 0.3) is 5.56 Å². The molecule has 2 aliphatic rings. The number of aliphatic imine (C=N–C) groups is 1. The van der Waals surface area contributed by atoms with Gasteiger partial charge in [0.05, 0.1) is 17.0 Å². The van der Waals surface area contributed by atoms with Gasteiger partial charge >= 0.3 is 0 Å². The predicted molar refractivity (Wildman–Crippen MR) is 110 cm³/mol. The number of hydrogen-bond donors (Lipinski definition) is 1. The van der Waals surface area contributed by atoms with E-state index in [4.69, 9.17) is 9.72 Å². The molecular weight excluding hydrogens is 352 g/mol. The Bertz CT molecular complexity index is 931. The predicted octanol–water partition coefficient (Wildman–Crippen LogP) is 2.87. The lowest BCUT2D eigenvalue weighted by Gasteiger charge is -2.28. The Kier molecular flexibility index (Phi) is 5.67. The molecule has 0 saturated heterocycles. The first kappa shape index (κ1) is 18.6. The second-order valence-corrected chi connectivity index (χ2v) is 7.33. The van der Waals surface area contributed by atoms with Crippen LogP contribution in [0.15, 0.2) is 46.7 Å². The average molecular weight is 378 g/mol. The number of ether oxygens (including phenoxy) is 1. The van der Waals surface area contributed by atoms with Crippen molar-refractivity contribution in [3.05, 3.63) is 69.9 Å². The van der Waals surface area contributed by atoms with Gasteiger partial charge in [0.15, 0.2) is 5.82 Å². The first-order valence-electron chi connectivity index (χ1n) is 9.93. The van der Waals surface area contributed by atoms with E-state index in [-0.39, 0.29) is 5.56 Å². The number of benzene rings is 1. The van der Waals surface area contributed by atoms with Crippen LogP contribution in [0.3, 0.4) is 0 Å². The van der Waals surface area contributed by atoms with Crippen molar-refractivity contribution in [1.29, 1.82) is 0 Å². The first-order chi connectivity index (χ1) is 13.7. The number of hydrogen-bond acceptors (Lipinski definition) is 5. The number of nitrogens with one attached hydrogen (secondary N) is 1. The summed E-state index contributed by atoms with van der Waals surface area (Å²) in [5.41, 5.74) is 3.85. The number of nitrogens with zero attached hydrogens (tertiary/aromatic N) is 3. The van der Waals surface area contributed by atoms with Gasteiger partial charge in [-0.1, -0.05) is 24.8 Å². The molecule has 1 N–H and O–H groups in total. The van der Waals surface area contributed by atoms with Crippen molar-refractivity contribution in [2.24, 2.45) is 4.99 Å². The Balaban J connectivity index is 1.45. The van der Waals surface area contributed by atoms with Crippen LogP contribution in [-0.2, 0) is 19.5 Å². The molecule has 146 valence electrons. The summed E-state index contributed by atoms with van der Waals surface area (Å²) < 4.78 is 5.53. The largest absolute Gasteiger partial charge is 0.490 e. The van der Waals surface area contributed by atoms with E-state index < -0.39 is 0 Å². The highest BCUT2D eigenvalue weighted by atomic mass is 16.5. The van der Waals surface area contributed by atoms with E-state index in [2.05, 4.69) is 33.6 Å². The van der Waals surface area contributed by atoms with Gasteiger partial charge in [0.2, 0.25) is 0 Å². The topological polar surface area (TPSA) is 70.6 Å². The average Bonchev–Trinajstić information content (AvgIpc) is 2.74. The SMILES string of the molecule is C=CCOc1ccc(CN2CCc3nc(C4=NCCCC4)[nH]c(=O)c3C2)cc1. The van der Waals surface area contributed by atoms with Gasteiger partial charge in [-0.15, -0.1) is 0 Å². The highest BCUT2D eigenvalue weighted by Crippen LogP contribution is 2.19. The maximum absolute atomic E-state index is 12.7. The number of rotatable bonds is 6. The van der Waals surface area contributed by atoms with E-state index in [0.717, 1.165) is 68.0 Å². The smallest absolute Gasteiger partial charge is 0.255 e. The molecule has 3 heterocycles. The Hall–Kier alpha value is -2.73. The third-order valence-corrected chi connectivity index (χ3v) is 5.24. The van der Waals surface area contributed by atoms with Crippen LogP contribution in [0, 0.1) is 0 Å². The van der Waals surface area contributed by atoms with Crippen LogP contribution in [0.25, 0.3) is 0 Å². The zero-order valence-electron chi connectivity index (χ0n) is 16.1. The molecule has 1 aromatic carbocycles. The highest BCUT2D eigenvalue weighted by molar-refractivity contribution is 5.97. The zero-order chi connectivity index (χ0) is 19.3. The minimum atomic E-state index is -0.0221. The number of aromatic amines is 1. The van der Waals surface area contributed by atoms with Gasteiger partial charge in [-0.25, -0.2) is 4.98 Å². The van der Waals surface area contributed by atoms with Crippen molar-refractivity contribution < 1.29 is 4.74 Å². The number of fused-ring (bicyclic) bond motifs is 1. The molecule has 2 aromatic rings. The van der Waals surface area contributed by atoms with Crippen LogP contribution in [0.4, 0.5) is 0 Å². The van der Waals surface area contributed by atoms with Crippen molar-refractivity contribution in [2.45, 2.75) is 38.8 Å². The third kappa shape index (κ3) is 4.22. The Labute approximate surface area is 165 Å². The molecule has 0 atom stereocenters. The van der Waals surface area contributed by atoms with E-state index in [1.807, 2.05) is 12.1 Å². The molecular formula is C22H26N4O2. The summed E-state index contributed by atoms with van der Waals surface area (Å²) in [6.45, 7) is 7.32. The summed E-state index contributed by atoms with van der Waals surface area (Å²) in [6.07, 6.45) is 5.66. The summed E-state index contributed by atoms with van der Waals surface area (Å²) >= 11 is 0. The molecule has 2 aliphatic heterocycles. The lowest BCUT2D eigenvalue weighted by atomic mass is 10.0. The molecule has 0 aliphatic carbocycles.